The van der Waals surface area contributed by atoms with E-state index in [1.165, 1.54) is 38.0 Å². The van der Waals surface area contributed by atoms with E-state index in [0.717, 1.165) is 59.5 Å². The minimum Gasteiger partial charge on any atom is -0.685 e. The van der Waals surface area contributed by atoms with Gasteiger partial charge in [-0.2, -0.15) is 5.70 Å². The number of nitrogens with zero attached hydrogens (tertiary/aromatic N) is 4. The molecule has 0 aliphatic heterocycles. The maximum Gasteiger partial charge on any atom is 0.157 e. The molecule has 5 nitrogen and oxygen atoms in total. The smallest absolute Gasteiger partial charge is 0.157 e. The third-order valence-corrected chi connectivity index (χ3v) is 10.5. The van der Waals surface area contributed by atoms with Gasteiger partial charge in [0, 0.05) is 55.5 Å². The zero-order valence-corrected chi connectivity index (χ0v) is 36.1. The van der Waals surface area contributed by atoms with Crippen molar-refractivity contribution in [1.29, 1.82) is 0 Å². The van der Waals surface area contributed by atoms with Crippen molar-refractivity contribution in [3.05, 3.63) is 101 Å². The molecule has 0 spiro atoms. The number of carbonyl (C=O) groups excluding carboxylic acids is 1. The average Bonchev–Trinajstić information content (AvgIpc) is 3.43. The van der Waals surface area contributed by atoms with Gasteiger partial charge in [-0.1, -0.05) is 159 Å². The van der Waals surface area contributed by atoms with Crippen LogP contribution in [0, 0.1) is 17.9 Å². The molecule has 2 aromatic heterocycles. The molecule has 0 unspecified atom stereocenters. The number of aryl methyl sites for hydroxylation is 1. The van der Waals surface area contributed by atoms with Crippen molar-refractivity contribution in [2.45, 2.75) is 113 Å². The molecule has 0 saturated heterocycles. The Balaban J connectivity index is 0.000000284. The average molecular weight is 887 g/mol. The summed E-state index contributed by atoms with van der Waals surface area (Å²) in [5, 5.41) is 10.8. The first-order valence-electron chi connectivity index (χ1n) is 19.5. The van der Waals surface area contributed by atoms with Crippen LogP contribution in [0.1, 0.15) is 118 Å². The van der Waals surface area contributed by atoms with Gasteiger partial charge in [-0.15, -0.1) is 29.3 Å². The molecule has 0 N–H and O–H groups in total. The Morgan fingerprint density at radius 3 is 1.92 bits per heavy atom. The molecule has 283 valence electrons. The molecule has 0 amide bonds. The first-order chi connectivity index (χ1) is 24.9. The number of rotatable bonds is 12. The van der Waals surface area contributed by atoms with Gasteiger partial charge >= 0.3 is 0 Å². The van der Waals surface area contributed by atoms with Crippen LogP contribution in [0.3, 0.4) is 0 Å². The summed E-state index contributed by atoms with van der Waals surface area (Å²) in [4.78, 5) is 22.5. The molecule has 6 aromatic rings. The number of aromatic nitrogens is 3. The topological polar surface area (TPSA) is 61.9 Å². The summed E-state index contributed by atoms with van der Waals surface area (Å²) < 4.78 is 2.28. The minimum absolute atomic E-state index is 0. The van der Waals surface area contributed by atoms with Gasteiger partial charge in [-0.05, 0) is 30.2 Å². The Hall–Kier alpha value is -3.86. The van der Waals surface area contributed by atoms with E-state index in [0.29, 0.717) is 11.8 Å². The van der Waals surface area contributed by atoms with Crippen molar-refractivity contribution in [3.8, 4) is 11.3 Å². The molecular weight excluding hydrogens is 829 g/mol. The van der Waals surface area contributed by atoms with E-state index in [1.54, 1.807) is 0 Å². The van der Waals surface area contributed by atoms with Crippen LogP contribution >= 0.6 is 0 Å². The predicted octanol–water partition coefficient (Wildman–Crippen LogP) is 13.2. The van der Waals surface area contributed by atoms with Gasteiger partial charge in [0.15, 0.2) is 5.78 Å². The van der Waals surface area contributed by atoms with Crippen LogP contribution in [-0.4, -0.2) is 26.4 Å². The number of hydrogen-bond donors (Lipinski definition) is 0. The molecule has 6 rings (SSSR count). The van der Waals surface area contributed by atoms with Crippen LogP contribution in [0.4, 0.5) is 0 Å². The minimum atomic E-state index is 0. The fraction of sp³-hybridized carbons (Fsp3) is 0.426. The quantitative estimate of drug-likeness (QED) is 0.0908. The van der Waals surface area contributed by atoms with Crippen LogP contribution in [-0.2, 0) is 31.9 Å². The van der Waals surface area contributed by atoms with Gasteiger partial charge < -0.3 is 9.88 Å². The van der Waals surface area contributed by atoms with E-state index < -0.39 is 0 Å². The Labute approximate surface area is 331 Å². The van der Waals surface area contributed by atoms with Crippen molar-refractivity contribution in [2.24, 2.45) is 18.9 Å². The van der Waals surface area contributed by atoms with E-state index >= 15 is 0 Å². The Morgan fingerprint density at radius 2 is 1.34 bits per heavy atom. The molecule has 6 heteroatoms. The third kappa shape index (κ3) is 8.76. The van der Waals surface area contributed by atoms with E-state index in [4.69, 9.17) is 9.97 Å². The Morgan fingerprint density at radius 1 is 0.736 bits per heavy atom. The second-order valence-corrected chi connectivity index (χ2v) is 15.1. The summed E-state index contributed by atoms with van der Waals surface area (Å²) in [6, 6.07) is 27.7. The summed E-state index contributed by atoms with van der Waals surface area (Å²) in [5.41, 5.74) is 7.61. The summed E-state index contributed by atoms with van der Waals surface area (Å²) >= 11 is 0. The SMILES string of the molecule is CC(C)c1nc(-c2[c-]cc(C(C)C)c3ccccc23)c2c(n1)c1ccc3ccccc3c1n2C.CCC(CC)C(=O)/C=C(\[N-]C(C)C)C(CC)CC.[Ir]. The maximum atomic E-state index is 12.2. The molecule has 4 aromatic carbocycles. The predicted molar refractivity (Wildman–Crippen MR) is 223 cm³/mol. The normalized spacial score (nSPS) is 12.1. The van der Waals surface area contributed by atoms with Crippen molar-refractivity contribution >= 4 is 49.3 Å². The van der Waals surface area contributed by atoms with E-state index in [-0.39, 0.29) is 43.8 Å². The van der Waals surface area contributed by atoms with Gasteiger partial charge in [-0.3, -0.25) is 9.78 Å². The largest absolute Gasteiger partial charge is 0.685 e. The molecule has 0 fully saturated rings. The summed E-state index contributed by atoms with van der Waals surface area (Å²) in [6.45, 7) is 21.4. The molecule has 53 heavy (non-hydrogen) atoms. The number of fused-ring (bicyclic) bond motifs is 6. The first-order valence-corrected chi connectivity index (χ1v) is 19.5. The van der Waals surface area contributed by atoms with Gasteiger partial charge in [0.2, 0.25) is 0 Å². The molecule has 0 saturated carbocycles. The number of allylic oxidation sites excluding steroid dienone is 2. The molecule has 2 heterocycles. The molecule has 1 radical (unpaired) electrons. The van der Waals surface area contributed by atoms with Crippen molar-refractivity contribution in [3.63, 3.8) is 0 Å². The number of carbonyl (C=O) groups is 1. The zero-order valence-electron chi connectivity index (χ0n) is 33.7. The van der Waals surface area contributed by atoms with E-state index in [9.17, 15) is 4.79 Å². The maximum absolute atomic E-state index is 12.2. The molecular formula is C47H58IrN4O-2. The molecule has 0 aliphatic carbocycles. The molecule has 0 atom stereocenters. The first kappa shape index (κ1) is 41.9. The summed E-state index contributed by atoms with van der Waals surface area (Å²) in [7, 11) is 2.14. The van der Waals surface area contributed by atoms with Gasteiger partial charge in [0.05, 0.1) is 16.6 Å². The zero-order chi connectivity index (χ0) is 37.7. The second kappa shape index (κ2) is 18.5. The summed E-state index contributed by atoms with van der Waals surface area (Å²) in [6.07, 6.45) is 5.76. The van der Waals surface area contributed by atoms with Crippen LogP contribution in [0.2, 0.25) is 0 Å². The second-order valence-electron chi connectivity index (χ2n) is 15.1. The monoisotopic (exact) mass is 887 g/mol. The van der Waals surface area contributed by atoms with Crippen molar-refractivity contribution in [2.75, 3.05) is 0 Å². The third-order valence-electron chi connectivity index (χ3n) is 10.5. The van der Waals surface area contributed by atoms with Gasteiger partial charge in [-0.25, -0.2) is 4.98 Å². The number of hydrogen-bond acceptors (Lipinski definition) is 3. The van der Waals surface area contributed by atoms with Crippen LogP contribution < -0.4 is 0 Å². The molecule has 0 bridgehead atoms. The summed E-state index contributed by atoms with van der Waals surface area (Å²) in [5.74, 6) is 2.36. The fourth-order valence-corrected chi connectivity index (χ4v) is 7.48. The van der Waals surface area contributed by atoms with Crippen molar-refractivity contribution in [1.82, 2.24) is 14.5 Å². The van der Waals surface area contributed by atoms with Crippen LogP contribution in [0.15, 0.2) is 78.5 Å². The number of ketones is 1. The van der Waals surface area contributed by atoms with Gasteiger partial charge in [0.25, 0.3) is 0 Å². The van der Waals surface area contributed by atoms with Crippen LogP contribution in [0.5, 0.6) is 0 Å². The van der Waals surface area contributed by atoms with E-state index in [1.807, 2.05) is 6.08 Å². The van der Waals surface area contributed by atoms with Crippen LogP contribution in [0.25, 0.3) is 60.1 Å². The standard InChI is InChI=1S/C31H28N3.C16H31NO.Ir/c1-18(2)21-16-17-25(24-13-9-8-12-23(21)24)27-30-28(33-31(32-27)19(3)4)26-15-14-20-10-6-7-11-22(20)29(26)34(30)5;1-7-13(8-2)15(17-12(5)6)11-16(18)14(9-3)10-4;/h6-16,18-19H,1-5H3;11-14H,7-10H2,1-6H3,(H,17,18);/q-1;;/p-1. The fourth-order valence-electron chi connectivity index (χ4n) is 7.48. The van der Waals surface area contributed by atoms with Crippen molar-refractivity contribution < 1.29 is 24.9 Å². The number of benzene rings is 4. The van der Waals surface area contributed by atoms with E-state index in [2.05, 4.69) is 159 Å². The van der Waals surface area contributed by atoms with Gasteiger partial charge in [0.1, 0.15) is 5.82 Å². The molecule has 0 aliphatic rings. The Bertz CT molecular complexity index is 2200. The Kier molecular flexibility index (Phi) is 14.6.